The van der Waals surface area contributed by atoms with Gasteiger partial charge in [0.2, 0.25) is 5.91 Å². The van der Waals surface area contributed by atoms with Crippen LogP contribution in [0.5, 0.6) is 0 Å². The van der Waals surface area contributed by atoms with Crippen LogP contribution >= 0.6 is 0 Å². The summed E-state index contributed by atoms with van der Waals surface area (Å²) in [5, 5.41) is 0. The highest BCUT2D eigenvalue weighted by Gasteiger charge is 2.38. The first-order valence-electron chi connectivity index (χ1n) is 10.8. The zero-order chi connectivity index (χ0) is 18.1. The van der Waals surface area contributed by atoms with E-state index >= 15 is 0 Å². The summed E-state index contributed by atoms with van der Waals surface area (Å²) in [4.78, 5) is 15.7. The zero-order valence-corrected chi connectivity index (χ0v) is 16.5. The van der Waals surface area contributed by atoms with Crippen molar-refractivity contribution in [1.82, 2.24) is 4.90 Å². The van der Waals surface area contributed by atoms with Gasteiger partial charge >= 0.3 is 0 Å². The maximum absolute atomic E-state index is 13.5. The van der Waals surface area contributed by atoms with Gasteiger partial charge < -0.3 is 4.90 Å². The highest BCUT2D eigenvalue weighted by Crippen LogP contribution is 2.42. The Kier molecular flexibility index (Phi) is 5.20. The van der Waals surface area contributed by atoms with Crippen molar-refractivity contribution in [2.75, 3.05) is 0 Å². The molecule has 0 aliphatic heterocycles. The Hall–Kier alpha value is -1.57. The average Bonchev–Trinajstić information content (AvgIpc) is 3.50. The van der Waals surface area contributed by atoms with Crippen molar-refractivity contribution in [2.45, 2.75) is 84.2 Å². The van der Waals surface area contributed by atoms with E-state index in [0.717, 1.165) is 37.3 Å². The second-order valence-corrected chi connectivity index (χ2v) is 8.55. The molecule has 2 unspecified atom stereocenters. The highest BCUT2D eigenvalue weighted by atomic mass is 16.2. The van der Waals surface area contributed by atoms with Gasteiger partial charge in [0.25, 0.3) is 0 Å². The molecule has 2 atom stereocenters. The van der Waals surface area contributed by atoms with Gasteiger partial charge in [-0.05, 0) is 73.5 Å². The molecule has 0 radical (unpaired) electrons. The maximum atomic E-state index is 13.5. The smallest absolute Gasteiger partial charge is 0.250 e. The fourth-order valence-electron chi connectivity index (χ4n) is 5.23. The molecule has 0 heterocycles. The molecule has 140 valence electrons. The predicted octanol–water partition coefficient (Wildman–Crippen LogP) is 5.44. The summed E-state index contributed by atoms with van der Waals surface area (Å²) in [6.07, 6.45) is 13.1. The lowest BCUT2D eigenvalue weighted by atomic mass is 9.72. The van der Waals surface area contributed by atoms with Crippen molar-refractivity contribution in [2.24, 2.45) is 11.8 Å². The third-order valence-electron chi connectivity index (χ3n) is 6.83. The van der Waals surface area contributed by atoms with Gasteiger partial charge in [-0.25, -0.2) is 0 Å². The quantitative estimate of drug-likeness (QED) is 0.668. The molecule has 1 amide bonds. The van der Waals surface area contributed by atoms with E-state index in [2.05, 4.69) is 43.0 Å². The van der Waals surface area contributed by atoms with Crippen molar-refractivity contribution in [3.63, 3.8) is 0 Å². The van der Waals surface area contributed by atoms with Crippen LogP contribution in [0, 0.1) is 11.8 Å². The summed E-state index contributed by atoms with van der Waals surface area (Å²) in [5.74, 6) is 1.72. The van der Waals surface area contributed by atoms with Crippen LogP contribution in [0.15, 0.2) is 29.8 Å². The SMILES string of the molecule is CCc1cccc(CN(C(=O)C2=CCC3CCCC2C3)C2CC2)c1CC. The Labute approximate surface area is 158 Å². The van der Waals surface area contributed by atoms with Crippen LogP contribution in [0.4, 0.5) is 0 Å². The lowest BCUT2D eigenvalue weighted by Crippen LogP contribution is -2.38. The zero-order valence-electron chi connectivity index (χ0n) is 16.5. The van der Waals surface area contributed by atoms with Gasteiger partial charge in [0.15, 0.2) is 0 Å². The number of nitrogens with zero attached hydrogens (tertiary/aromatic N) is 1. The summed E-state index contributed by atoms with van der Waals surface area (Å²) in [6, 6.07) is 7.14. The molecule has 1 aromatic carbocycles. The Bertz CT molecular complexity index is 700. The summed E-state index contributed by atoms with van der Waals surface area (Å²) in [5.41, 5.74) is 5.42. The minimum absolute atomic E-state index is 0.349. The molecule has 26 heavy (non-hydrogen) atoms. The summed E-state index contributed by atoms with van der Waals surface area (Å²) >= 11 is 0. The van der Waals surface area contributed by atoms with E-state index in [1.807, 2.05) is 0 Å². The Morgan fingerprint density at radius 1 is 1.08 bits per heavy atom. The first-order valence-corrected chi connectivity index (χ1v) is 10.8. The first-order chi connectivity index (χ1) is 12.7. The number of carbonyl (C=O) groups excluding carboxylic acids is 1. The van der Waals surface area contributed by atoms with E-state index in [1.54, 1.807) is 0 Å². The molecule has 3 aliphatic rings. The molecule has 3 aliphatic carbocycles. The Morgan fingerprint density at radius 2 is 1.88 bits per heavy atom. The molecular weight excluding hydrogens is 318 g/mol. The van der Waals surface area contributed by atoms with Gasteiger partial charge in [-0.3, -0.25) is 4.79 Å². The van der Waals surface area contributed by atoms with Crippen LogP contribution in [0.1, 0.15) is 75.5 Å². The molecule has 0 spiro atoms. The molecule has 2 bridgehead atoms. The molecule has 2 nitrogen and oxygen atoms in total. The molecule has 0 aromatic heterocycles. The van der Waals surface area contributed by atoms with Crippen molar-refractivity contribution in [1.29, 1.82) is 0 Å². The third kappa shape index (κ3) is 3.48. The topological polar surface area (TPSA) is 20.3 Å². The Morgan fingerprint density at radius 3 is 2.62 bits per heavy atom. The van der Waals surface area contributed by atoms with Crippen LogP contribution in [-0.2, 0) is 24.2 Å². The largest absolute Gasteiger partial charge is 0.332 e. The average molecular weight is 352 g/mol. The van der Waals surface area contributed by atoms with E-state index in [0.29, 0.717) is 17.9 Å². The van der Waals surface area contributed by atoms with Gasteiger partial charge in [0.1, 0.15) is 0 Å². The van der Waals surface area contributed by atoms with Crippen LogP contribution in [0.2, 0.25) is 0 Å². The summed E-state index contributed by atoms with van der Waals surface area (Å²) in [7, 11) is 0. The van der Waals surface area contributed by atoms with Crippen molar-refractivity contribution in [3.05, 3.63) is 46.5 Å². The van der Waals surface area contributed by atoms with Crippen LogP contribution in [0.3, 0.4) is 0 Å². The van der Waals surface area contributed by atoms with Gasteiger partial charge in [-0.2, -0.15) is 0 Å². The molecular formula is C24H33NO. The number of aryl methyl sites for hydroxylation is 1. The third-order valence-corrected chi connectivity index (χ3v) is 6.83. The van der Waals surface area contributed by atoms with E-state index in [4.69, 9.17) is 0 Å². The fraction of sp³-hybridized carbons (Fsp3) is 0.625. The van der Waals surface area contributed by atoms with Gasteiger partial charge in [-0.1, -0.05) is 51.0 Å². The van der Waals surface area contributed by atoms with Gasteiger partial charge in [-0.15, -0.1) is 0 Å². The number of rotatable bonds is 6. The van der Waals surface area contributed by atoms with E-state index in [-0.39, 0.29) is 0 Å². The second-order valence-electron chi connectivity index (χ2n) is 8.55. The molecule has 1 aromatic rings. The minimum Gasteiger partial charge on any atom is -0.332 e. The molecule has 2 saturated carbocycles. The van der Waals surface area contributed by atoms with Crippen LogP contribution in [0.25, 0.3) is 0 Å². The number of hydrogen-bond donors (Lipinski definition) is 0. The number of allylic oxidation sites excluding steroid dienone is 1. The lowest BCUT2D eigenvalue weighted by Gasteiger charge is -2.36. The standard InChI is InChI=1S/C24H33NO/c1-3-18-8-6-10-20(22(18)4-2)16-25(21-12-13-21)24(26)23-14-11-17-7-5-9-19(23)15-17/h6,8,10,14,17,19,21H,3-5,7,9,11-13,15-16H2,1-2H3. The monoisotopic (exact) mass is 351 g/mol. The second kappa shape index (κ2) is 7.58. The van der Waals surface area contributed by atoms with Gasteiger partial charge in [0, 0.05) is 18.2 Å². The predicted molar refractivity (Wildman–Crippen MR) is 107 cm³/mol. The van der Waals surface area contributed by atoms with E-state index in [1.165, 1.54) is 55.2 Å². The van der Waals surface area contributed by atoms with Crippen molar-refractivity contribution < 1.29 is 4.79 Å². The fourth-order valence-corrected chi connectivity index (χ4v) is 5.23. The van der Waals surface area contributed by atoms with E-state index < -0.39 is 0 Å². The first kappa shape index (κ1) is 17.8. The van der Waals surface area contributed by atoms with Crippen molar-refractivity contribution in [3.8, 4) is 0 Å². The number of carbonyl (C=O) groups is 1. The summed E-state index contributed by atoms with van der Waals surface area (Å²) < 4.78 is 0. The number of fused-ring (bicyclic) bond motifs is 2. The molecule has 2 fully saturated rings. The van der Waals surface area contributed by atoms with Gasteiger partial charge in [0.05, 0.1) is 0 Å². The summed E-state index contributed by atoms with van der Waals surface area (Å²) in [6.45, 7) is 5.27. The van der Waals surface area contributed by atoms with Crippen LogP contribution < -0.4 is 0 Å². The van der Waals surface area contributed by atoms with Crippen LogP contribution in [-0.4, -0.2) is 16.8 Å². The number of hydrogen-bond acceptors (Lipinski definition) is 1. The normalized spacial score (nSPS) is 24.9. The number of amides is 1. The minimum atomic E-state index is 0.349. The Balaban J connectivity index is 1.58. The molecule has 0 N–H and O–H groups in total. The maximum Gasteiger partial charge on any atom is 0.250 e. The lowest BCUT2D eigenvalue weighted by molar-refractivity contribution is -0.129. The molecule has 0 saturated heterocycles. The van der Waals surface area contributed by atoms with Crippen molar-refractivity contribution >= 4 is 5.91 Å². The van der Waals surface area contributed by atoms with E-state index in [9.17, 15) is 4.79 Å². The molecule has 4 rings (SSSR count). The highest BCUT2D eigenvalue weighted by molar-refractivity contribution is 5.94. The molecule has 2 heteroatoms. The number of benzene rings is 1.